The molecule has 0 bridgehead atoms. The van der Waals surface area contributed by atoms with Crippen molar-refractivity contribution in [3.63, 3.8) is 0 Å². The van der Waals surface area contributed by atoms with Crippen LogP contribution < -0.4 is 0 Å². The molecule has 1 amide bonds. The number of carbonyl (C=O) groups is 1. The van der Waals surface area contributed by atoms with Gasteiger partial charge < -0.3 is 10.0 Å². The number of hydrogen-bond donors (Lipinski definition) is 1. The number of β-amino-alcohol motifs (C(OH)–C–C–N with tert-alkyl or cyclic N) is 1. The number of aromatic nitrogens is 2. The van der Waals surface area contributed by atoms with Crippen LogP contribution in [0.4, 0.5) is 0 Å². The van der Waals surface area contributed by atoms with Crippen LogP contribution in [-0.2, 0) is 0 Å². The highest BCUT2D eigenvalue weighted by molar-refractivity contribution is 5.93. The molecule has 0 saturated carbocycles. The fourth-order valence-corrected chi connectivity index (χ4v) is 2.92. The van der Waals surface area contributed by atoms with Crippen LogP contribution in [0, 0.1) is 0 Å². The Hall–Kier alpha value is -2.18. The first kappa shape index (κ1) is 15.7. The zero-order valence-corrected chi connectivity index (χ0v) is 13.3. The Bertz CT molecular complexity index is 646. The van der Waals surface area contributed by atoms with Gasteiger partial charge in [0.2, 0.25) is 0 Å². The number of benzene rings is 1. The number of nitrogens with zero attached hydrogens (tertiary/aromatic N) is 4. The van der Waals surface area contributed by atoms with Gasteiger partial charge in [-0.2, -0.15) is 0 Å². The molecule has 0 unspecified atom stereocenters. The first-order valence-corrected chi connectivity index (χ1v) is 7.92. The summed E-state index contributed by atoms with van der Waals surface area (Å²) in [5, 5.41) is 9.46. The summed E-state index contributed by atoms with van der Waals surface area (Å²) in [6, 6.07) is 9.75. The Morgan fingerprint density at radius 2 is 1.91 bits per heavy atom. The summed E-state index contributed by atoms with van der Waals surface area (Å²) in [7, 11) is 0. The number of aliphatic hydroxyl groups excluding tert-OH is 1. The van der Waals surface area contributed by atoms with Gasteiger partial charge in [-0.3, -0.25) is 14.3 Å². The Labute approximate surface area is 136 Å². The lowest BCUT2D eigenvalue weighted by molar-refractivity contribution is 0.0547. The summed E-state index contributed by atoms with van der Waals surface area (Å²) in [5.41, 5.74) is 1.52. The summed E-state index contributed by atoms with van der Waals surface area (Å²) in [5.74, 6) is 0.00282. The van der Waals surface area contributed by atoms with Crippen LogP contribution in [0.5, 0.6) is 0 Å². The monoisotopic (exact) mass is 314 g/mol. The minimum atomic E-state index is -0.336. The summed E-state index contributed by atoms with van der Waals surface area (Å²) in [6.45, 7) is 5.36. The number of imidazole rings is 1. The zero-order valence-electron chi connectivity index (χ0n) is 13.3. The maximum atomic E-state index is 12.8. The minimum Gasteiger partial charge on any atom is -0.392 e. The van der Waals surface area contributed by atoms with Gasteiger partial charge in [-0.05, 0) is 19.1 Å². The second-order valence-corrected chi connectivity index (χ2v) is 5.93. The van der Waals surface area contributed by atoms with E-state index in [0.29, 0.717) is 25.3 Å². The molecule has 1 aromatic heterocycles. The van der Waals surface area contributed by atoms with E-state index in [1.54, 1.807) is 19.4 Å². The lowest BCUT2D eigenvalue weighted by Crippen LogP contribution is -2.50. The molecule has 3 rings (SSSR count). The average Bonchev–Trinajstić information content (AvgIpc) is 3.05. The average molecular weight is 314 g/mol. The molecule has 6 heteroatoms. The molecule has 1 aliphatic rings. The second-order valence-electron chi connectivity index (χ2n) is 5.93. The Kier molecular flexibility index (Phi) is 4.73. The topological polar surface area (TPSA) is 61.6 Å². The molecule has 1 aromatic carbocycles. The normalized spacial score (nSPS) is 17.2. The molecule has 0 aliphatic carbocycles. The van der Waals surface area contributed by atoms with Crippen LogP contribution in [-0.4, -0.2) is 69.2 Å². The van der Waals surface area contributed by atoms with E-state index in [1.807, 2.05) is 39.8 Å². The van der Waals surface area contributed by atoms with E-state index >= 15 is 0 Å². The Morgan fingerprint density at radius 1 is 1.22 bits per heavy atom. The molecule has 23 heavy (non-hydrogen) atoms. The highest BCUT2D eigenvalue weighted by Gasteiger charge is 2.25. The van der Waals surface area contributed by atoms with Crippen LogP contribution in [0.2, 0.25) is 0 Å². The molecule has 1 aliphatic heterocycles. The fraction of sp³-hybridized carbons (Fsp3) is 0.412. The molecule has 1 fully saturated rings. The van der Waals surface area contributed by atoms with Gasteiger partial charge in [0.1, 0.15) is 5.69 Å². The van der Waals surface area contributed by atoms with Crippen molar-refractivity contribution in [2.75, 3.05) is 32.7 Å². The van der Waals surface area contributed by atoms with Gasteiger partial charge in [0.25, 0.3) is 5.91 Å². The molecule has 2 heterocycles. The quantitative estimate of drug-likeness (QED) is 0.915. The molecule has 0 spiro atoms. The van der Waals surface area contributed by atoms with E-state index in [9.17, 15) is 9.90 Å². The SMILES string of the molecule is C[C@@H](O)CN1CCN(C(=O)c2cncn2-c2ccccc2)CC1. The van der Waals surface area contributed by atoms with Gasteiger partial charge in [0.05, 0.1) is 18.6 Å². The van der Waals surface area contributed by atoms with Crippen molar-refractivity contribution >= 4 is 5.91 Å². The van der Waals surface area contributed by atoms with Crippen molar-refractivity contribution in [1.82, 2.24) is 19.4 Å². The van der Waals surface area contributed by atoms with E-state index in [1.165, 1.54) is 0 Å². The molecular formula is C17H22N4O2. The molecule has 122 valence electrons. The van der Waals surface area contributed by atoms with E-state index in [2.05, 4.69) is 9.88 Å². The zero-order chi connectivity index (χ0) is 16.2. The standard InChI is InChI=1S/C17H22N4O2/c1-14(22)12-19-7-9-20(10-8-19)17(23)16-11-18-13-21(16)15-5-3-2-4-6-15/h2-6,11,13-14,22H,7-10,12H2,1H3/t14-/m1/s1. The smallest absolute Gasteiger partial charge is 0.272 e. The van der Waals surface area contributed by atoms with Crippen LogP contribution in [0.3, 0.4) is 0 Å². The number of aliphatic hydroxyl groups is 1. The van der Waals surface area contributed by atoms with E-state index in [-0.39, 0.29) is 12.0 Å². The van der Waals surface area contributed by atoms with Gasteiger partial charge in [0.15, 0.2) is 0 Å². The maximum absolute atomic E-state index is 12.8. The summed E-state index contributed by atoms with van der Waals surface area (Å²) in [4.78, 5) is 21.0. The number of rotatable bonds is 4. The van der Waals surface area contributed by atoms with Crippen LogP contribution >= 0.6 is 0 Å². The lowest BCUT2D eigenvalue weighted by Gasteiger charge is -2.35. The van der Waals surface area contributed by atoms with E-state index in [0.717, 1.165) is 18.8 Å². The molecule has 6 nitrogen and oxygen atoms in total. The van der Waals surface area contributed by atoms with Gasteiger partial charge in [-0.1, -0.05) is 18.2 Å². The summed E-state index contributed by atoms with van der Waals surface area (Å²) >= 11 is 0. The number of piperazine rings is 1. The van der Waals surface area contributed by atoms with Crippen LogP contribution in [0.25, 0.3) is 5.69 Å². The van der Waals surface area contributed by atoms with E-state index < -0.39 is 0 Å². The molecule has 1 N–H and O–H groups in total. The fourth-order valence-electron chi connectivity index (χ4n) is 2.92. The van der Waals surface area contributed by atoms with Gasteiger partial charge in [-0.15, -0.1) is 0 Å². The largest absolute Gasteiger partial charge is 0.392 e. The minimum absolute atomic E-state index is 0.00282. The highest BCUT2D eigenvalue weighted by atomic mass is 16.3. The Balaban J connectivity index is 1.70. The molecular weight excluding hydrogens is 292 g/mol. The summed E-state index contributed by atoms with van der Waals surface area (Å²) < 4.78 is 1.82. The first-order valence-electron chi connectivity index (χ1n) is 7.92. The first-order chi connectivity index (χ1) is 11.1. The number of amides is 1. The molecule has 1 atom stereocenters. The van der Waals surface area contributed by atoms with Crippen molar-refractivity contribution < 1.29 is 9.90 Å². The van der Waals surface area contributed by atoms with Gasteiger partial charge in [-0.25, -0.2) is 4.98 Å². The van der Waals surface area contributed by atoms with Crippen molar-refractivity contribution in [3.8, 4) is 5.69 Å². The predicted molar refractivity (Wildman–Crippen MR) is 87.6 cm³/mol. The molecule has 1 saturated heterocycles. The van der Waals surface area contributed by atoms with Crippen LogP contribution in [0.1, 0.15) is 17.4 Å². The maximum Gasteiger partial charge on any atom is 0.272 e. The third-order valence-corrected chi connectivity index (χ3v) is 4.07. The van der Waals surface area contributed by atoms with Gasteiger partial charge in [0, 0.05) is 38.4 Å². The van der Waals surface area contributed by atoms with Crippen molar-refractivity contribution in [1.29, 1.82) is 0 Å². The number of carbonyl (C=O) groups excluding carboxylic acids is 1. The predicted octanol–water partition coefficient (Wildman–Crippen LogP) is 1.01. The highest BCUT2D eigenvalue weighted by Crippen LogP contribution is 2.14. The van der Waals surface area contributed by atoms with Crippen molar-refractivity contribution in [2.24, 2.45) is 0 Å². The summed E-state index contributed by atoms with van der Waals surface area (Å²) in [6.07, 6.45) is 2.96. The van der Waals surface area contributed by atoms with E-state index in [4.69, 9.17) is 0 Å². The van der Waals surface area contributed by atoms with Gasteiger partial charge >= 0.3 is 0 Å². The number of para-hydroxylation sites is 1. The Morgan fingerprint density at radius 3 is 2.57 bits per heavy atom. The van der Waals surface area contributed by atoms with Crippen molar-refractivity contribution in [2.45, 2.75) is 13.0 Å². The number of hydrogen-bond acceptors (Lipinski definition) is 4. The molecule has 2 aromatic rings. The van der Waals surface area contributed by atoms with Crippen LogP contribution in [0.15, 0.2) is 42.9 Å². The third kappa shape index (κ3) is 3.60. The second kappa shape index (κ2) is 6.93. The lowest BCUT2D eigenvalue weighted by atomic mass is 10.2. The third-order valence-electron chi connectivity index (χ3n) is 4.07. The van der Waals surface area contributed by atoms with Crippen molar-refractivity contribution in [3.05, 3.63) is 48.5 Å². The molecule has 0 radical (unpaired) electrons.